The minimum absolute atomic E-state index is 0.467. The van der Waals surface area contributed by atoms with Crippen LogP contribution in [0.5, 0.6) is 0 Å². The van der Waals surface area contributed by atoms with E-state index in [0.717, 1.165) is 13.0 Å². The molecule has 0 bridgehead atoms. The number of nitrogens with zero attached hydrogens (tertiary/aromatic N) is 4. The van der Waals surface area contributed by atoms with Gasteiger partial charge in [0.1, 0.15) is 0 Å². The molecule has 0 aliphatic rings. The van der Waals surface area contributed by atoms with Crippen LogP contribution in [-0.2, 0) is 6.54 Å². The summed E-state index contributed by atoms with van der Waals surface area (Å²) in [7, 11) is 4.11. The zero-order chi connectivity index (χ0) is 9.84. The lowest BCUT2D eigenvalue weighted by atomic mass is 10.2. The zero-order valence-electron chi connectivity index (χ0n) is 8.19. The molecule has 0 radical (unpaired) electrons. The summed E-state index contributed by atoms with van der Waals surface area (Å²) in [5, 5.41) is 10.1. The Hall–Kier alpha value is -0.750. The van der Waals surface area contributed by atoms with Crippen LogP contribution >= 0.6 is 12.2 Å². The second kappa shape index (κ2) is 4.48. The van der Waals surface area contributed by atoms with Crippen molar-refractivity contribution in [2.75, 3.05) is 14.1 Å². The monoisotopic (exact) mass is 201 g/mol. The van der Waals surface area contributed by atoms with Gasteiger partial charge in [0.15, 0.2) is 0 Å². The van der Waals surface area contributed by atoms with Crippen molar-refractivity contribution >= 4 is 12.2 Å². The van der Waals surface area contributed by atoms with Gasteiger partial charge in [-0.2, -0.15) is 5.21 Å². The summed E-state index contributed by atoms with van der Waals surface area (Å²) in [6.45, 7) is 2.97. The average molecular weight is 201 g/mol. The molecule has 5 nitrogen and oxygen atoms in total. The van der Waals surface area contributed by atoms with Crippen molar-refractivity contribution in [1.29, 1.82) is 0 Å². The molecule has 0 aromatic carbocycles. The maximum Gasteiger partial charge on any atom is 0.238 e. The summed E-state index contributed by atoms with van der Waals surface area (Å²) in [4.78, 5) is 2.17. The Morgan fingerprint density at radius 3 is 2.69 bits per heavy atom. The van der Waals surface area contributed by atoms with Crippen LogP contribution in [0.15, 0.2) is 0 Å². The van der Waals surface area contributed by atoms with E-state index in [9.17, 15) is 0 Å². The van der Waals surface area contributed by atoms with Gasteiger partial charge >= 0.3 is 0 Å². The highest BCUT2D eigenvalue weighted by atomic mass is 32.1. The lowest BCUT2D eigenvalue weighted by molar-refractivity contribution is 0.247. The van der Waals surface area contributed by atoms with Gasteiger partial charge < -0.3 is 4.90 Å². The Bertz CT molecular complexity index is 302. The lowest BCUT2D eigenvalue weighted by Gasteiger charge is -2.22. The fourth-order valence-electron chi connectivity index (χ4n) is 1.20. The van der Waals surface area contributed by atoms with Crippen LogP contribution in [-0.4, -0.2) is 45.2 Å². The molecule has 13 heavy (non-hydrogen) atoms. The van der Waals surface area contributed by atoms with Gasteiger partial charge in [-0.05, 0) is 32.7 Å². The largest absolute Gasteiger partial charge is 0.305 e. The minimum Gasteiger partial charge on any atom is -0.305 e. The van der Waals surface area contributed by atoms with Gasteiger partial charge in [-0.15, -0.1) is 0 Å². The zero-order valence-corrected chi connectivity index (χ0v) is 9.01. The van der Waals surface area contributed by atoms with Gasteiger partial charge in [0.05, 0.1) is 6.54 Å². The van der Waals surface area contributed by atoms with Gasteiger partial charge in [-0.1, -0.05) is 17.2 Å². The number of aromatic amines is 1. The van der Waals surface area contributed by atoms with E-state index in [1.54, 1.807) is 4.68 Å². The smallest absolute Gasteiger partial charge is 0.238 e. The SMILES string of the molecule is CCC(Cn1[nH]nnc1=S)N(C)C. The van der Waals surface area contributed by atoms with Crippen molar-refractivity contribution in [1.82, 2.24) is 25.1 Å². The first-order valence-electron chi connectivity index (χ1n) is 4.29. The number of nitrogens with one attached hydrogen (secondary N) is 1. The van der Waals surface area contributed by atoms with Gasteiger partial charge in [-0.25, -0.2) is 4.68 Å². The first-order valence-corrected chi connectivity index (χ1v) is 4.70. The highest BCUT2D eigenvalue weighted by Gasteiger charge is 2.10. The van der Waals surface area contributed by atoms with Gasteiger partial charge in [-0.3, -0.25) is 0 Å². The molecular formula is C7H15N5S. The van der Waals surface area contributed by atoms with Crippen molar-refractivity contribution in [2.24, 2.45) is 0 Å². The molecular weight excluding hydrogens is 186 g/mol. The molecule has 0 spiro atoms. The van der Waals surface area contributed by atoms with Gasteiger partial charge in [0, 0.05) is 6.04 Å². The van der Waals surface area contributed by atoms with E-state index < -0.39 is 0 Å². The van der Waals surface area contributed by atoms with Crippen molar-refractivity contribution in [3.8, 4) is 0 Å². The molecule has 1 aromatic heterocycles. The Labute approximate surface area is 82.7 Å². The van der Waals surface area contributed by atoms with E-state index in [2.05, 4.69) is 41.4 Å². The lowest BCUT2D eigenvalue weighted by Crippen LogP contribution is -2.32. The molecule has 1 heterocycles. The van der Waals surface area contributed by atoms with Crippen molar-refractivity contribution in [2.45, 2.75) is 25.9 Å². The van der Waals surface area contributed by atoms with Gasteiger partial charge in [0.25, 0.3) is 0 Å². The standard InChI is InChI=1S/C7H15N5S/c1-4-6(11(2)3)5-12-7(13)8-9-10-12/h6H,4-5H2,1-3H3,(H,8,10,13). The first-order chi connectivity index (χ1) is 6.15. The Morgan fingerprint density at radius 1 is 1.62 bits per heavy atom. The molecule has 0 saturated heterocycles. The van der Waals surface area contributed by atoms with Crippen LogP contribution in [0.1, 0.15) is 13.3 Å². The minimum atomic E-state index is 0.467. The maximum atomic E-state index is 4.98. The number of hydrogen-bond acceptors (Lipinski definition) is 4. The normalized spacial score (nSPS) is 13.5. The predicted octanol–water partition coefficient (Wildman–Crippen LogP) is 0.676. The summed E-state index contributed by atoms with van der Waals surface area (Å²) in [6.07, 6.45) is 1.08. The van der Waals surface area contributed by atoms with Crippen LogP contribution in [0.4, 0.5) is 0 Å². The van der Waals surface area contributed by atoms with Crippen molar-refractivity contribution < 1.29 is 0 Å². The van der Waals surface area contributed by atoms with E-state index in [0.29, 0.717) is 10.8 Å². The number of aromatic nitrogens is 4. The molecule has 0 aliphatic carbocycles. The van der Waals surface area contributed by atoms with E-state index in [-0.39, 0.29) is 0 Å². The van der Waals surface area contributed by atoms with Crippen LogP contribution in [0.2, 0.25) is 0 Å². The summed E-state index contributed by atoms with van der Waals surface area (Å²) in [6, 6.07) is 0.467. The number of H-pyrrole nitrogens is 1. The van der Waals surface area contributed by atoms with E-state index in [1.165, 1.54) is 0 Å². The molecule has 1 rings (SSSR count). The first kappa shape index (κ1) is 10.3. The fraction of sp³-hybridized carbons (Fsp3) is 0.857. The van der Waals surface area contributed by atoms with E-state index in [1.807, 2.05) is 0 Å². The number of rotatable bonds is 4. The van der Waals surface area contributed by atoms with Crippen LogP contribution in [0, 0.1) is 4.77 Å². The number of tetrazole rings is 1. The molecule has 6 heteroatoms. The highest BCUT2D eigenvalue weighted by molar-refractivity contribution is 7.71. The second-order valence-corrected chi connectivity index (χ2v) is 3.58. The van der Waals surface area contributed by atoms with Gasteiger partial charge in [0.2, 0.25) is 4.77 Å². The molecule has 1 aromatic rings. The fourth-order valence-corrected chi connectivity index (χ4v) is 1.36. The maximum absolute atomic E-state index is 4.98. The Kier molecular flexibility index (Phi) is 3.56. The van der Waals surface area contributed by atoms with Crippen LogP contribution in [0.25, 0.3) is 0 Å². The molecule has 0 fully saturated rings. The summed E-state index contributed by atoms with van der Waals surface area (Å²) in [5.74, 6) is 0. The van der Waals surface area contributed by atoms with Crippen molar-refractivity contribution in [3.63, 3.8) is 0 Å². The number of hydrogen-bond donors (Lipinski definition) is 1. The second-order valence-electron chi connectivity index (χ2n) is 3.22. The van der Waals surface area contributed by atoms with Crippen LogP contribution in [0.3, 0.4) is 0 Å². The molecule has 0 saturated carbocycles. The van der Waals surface area contributed by atoms with Crippen LogP contribution < -0.4 is 0 Å². The third-order valence-electron chi connectivity index (χ3n) is 2.13. The molecule has 1 N–H and O–H groups in total. The molecule has 74 valence electrons. The molecule has 1 atom stereocenters. The summed E-state index contributed by atoms with van der Waals surface area (Å²) in [5.41, 5.74) is 0. The quantitative estimate of drug-likeness (QED) is 0.728. The Morgan fingerprint density at radius 2 is 2.31 bits per heavy atom. The highest BCUT2D eigenvalue weighted by Crippen LogP contribution is 2.01. The average Bonchev–Trinajstić information content (AvgIpc) is 2.46. The summed E-state index contributed by atoms with van der Waals surface area (Å²) >= 11 is 4.98. The third-order valence-corrected chi connectivity index (χ3v) is 2.43. The van der Waals surface area contributed by atoms with Crippen molar-refractivity contribution in [3.05, 3.63) is 4.77 Å². The van der Waals surface area contributed by atoms with E-state index >= 15 is 0 Å². The molecule has 0 amide bonds. The number of likely N-dealkylation sites (N-methyl/N-ethyl adjacent to an activating group) is 1. The Balaban J connectivity index is 2.67. The van der Waals surface area contributed by atoms with E-state index in [4.69, 9.17) is 12.2 Å². The molecule has 1 unspecified atom stereocenters. The summed E-state index contributed by atoms with van der Waals surface area (Å²) < 4.78 is 2.30. The predicted molar refractivity (Wildman–Crippen MR) is 53.0 cm³/mol. The topological polar surface area (TPSA) is 49.7 Å². The molecule has 0 aliphatic heterocycles. The third kappa shape index (κ3) is 2.60.